The number of nitrogens with zero attached hydrogens (tertiary/aromatic N) is 1. The zero-order chi connectivity index (χ0) is 9.97. The quantitative estimate of drug-likeness (QED) is 0.775. The summed E-state index contributed by atoms with van der Waals surface area (Å²) in [7, 11) is 0. The lowest BCUT2D eigenvalue weighted by Crippen LogP contribution is -2.14. The molecule has 0 spiro atoms. The highest BCUT2D eigenvalue weighted by Gasteiger charge is 2.03. The van der Waals surface area contributed by atoms with Crippen LogP contribution in [-0.4, -0.2) is 10.2 Å². The summed E-state index contributed by atoms with van der Waals surface area (Å²) >= 11 is 0. The summed E-state index contributed by atoms with van der Waals surface area (Å²) in [6.45, 7) is 1.84. The Kier molecular flexibility index (Phi) is 2.18. The molecule has 0 aromatic carbocycles. The van der Waals surface area contributed by atoms with Crippen LogP contribution in [0.15, 0.2) is 33.9 Å². The number of hydrogen-bond acceptors (Lipinski definition) is 3. The summed E-state index contributed by atoms with van der Waals surface area (Å²) in [4.78, 5) is 11.3. The van der Waals surface area contributed by atoms with Gasteiger partial charge in [-0.2, -0.15) is 5.10 Å². The van der Waals surface area contributed by atoms with Crippen molar-refractivity contribution in [3.63, 3.8) is 0 Å². The number of aromatic nitrogens is 2. The number of H-pyrrole nitrogens is 1. The first-order chi connectivity index (χ1) is 6.75. The Labute approximate surface area is 80.6 Å². The Morgan fingerprint density at radius 3 is 3.14 bits per heavy atom. The molecule has 14 heavy (non-hydrogen) atoms. The molecule has 2 aromatic rings. The molecule has 2 rings (SSSR count). The Bertz CT molecular complexity index is 471. The van der Waals surface area contributed by atoms with Gasteiger partial charge in [-0.25, -0.2) is 5.10 Å². The molecule has 0 saturated heterocycles. The molecule has 0 aliphatic rings. The molecule has 4 nitrogen and oxygen atoms in total. The van der Waals surface area contributed by atoms with Gasteiger partial charge < -0.3 is 4.42 Å². The molecule has 0 atom stereocenters. The molecule has 0 radical (unpaired) electrons. The maximum Gasteiger partial charge on any atom is 0.267 e. The fourth-order valence-electron chi connectivity index (χ4n) is 1.31. The molecule has 0 fully saturated rings. The van der Waals surface area contributed by atoms with Crippen LogP contribution in [0, 0.1) is 6.92 Å². The smallest absolute Gasteiger partial charge is 0.267 e. The molecule has 2 aromatic heterocycles. The van der Waals surface area contributed by atoms with Crippen LogP contribution in [-0.2, 0) is 6.42 Å². The van der Waals surface area contributed by atoms with Crippen LogP contribution in [0.2, 0.25) is 0 Å². The Balaban J connectivity index is 2.33. The van der Waals surface area contributed by atoms with Gasteiger partial charge in [0.25, 0.3) is 5.56 Å². The summed E-state index contributed by atoms with van der Waals surface area (Å²) in [5, 5.41) is 6.25. The van der Waals surface area contributed by atoms with E-state index in [2.05, 4.69) is 10.2 Å². The molecule has 0 unspecified atom stereocenters. The zero-order valence-electron chi connectivity index (χ0n) is 7.78. The zero-order valence-corrected chi connectivity index (χ0v) is 7.78. The summed E-state index contributed by atoms with van der Waals surface area (Å²) in [5.74, 6) is 0. The molecule has 0 aliphatic heterocycles. The van der Waals surface area contributed by atoms with E-state index < -0.39 is 0 Å². The van der Waals surface area contributed by atoms with Gasteiger partial charge in [-0.15, -0.1) is 0 Å². The molecule has 0 aliphatic carbocycles. The van der Waals surface area contributed by atoms with Crippen LogP contribution in [0.5, 0.6) is 0 Å². The van der Waals surface area contributed by atoms with Gasteiger partial charge in [0.1, 0.15) is 0 Å². The molecule has 2 heterocycles. The van der Waals surface area contributed by atoms with E-state index in [-0.39, 0.29) is 5.56 Å². The van der Waals surface area contributed by atoms with Gasteiger partial charge in [0.15, 0.2) is 0 Å². The minimum absolute atomic E-state index is 0.142. The lowest BCUT2D eigenvalue weighted by Gasteiger charge is -1.97. The van der Waals surface area contributed by atoms with Crippen molar-refractivity contribution in [2.24, 2.45) is 0 Å². The number of rotatable bonds is 2. The third-order valence-corrected chi connectivity index (χ3v) is 1.98. The van der Waals surface area contributed by atoms with Crippen LogP contribution < -0.4 is 5.56 Å². The van der Waals surface area contributed by atoms with Crippen LogP contribution >= 0.6 is 0 Å². The lowest BCUT2D eigenvalue weighted by molar-refractivity contribution is 0.564. The fourth-order valence-corrected chi connectivity index (χ4v) is 1.31. The van der Waals surface area contributed by atoms with Gasteiger partial charge in [-0.05, 0) is 24.6 Å². The van der Waals surface area contributed by atoms with Gasteiger partial charge >= 0.3 is 0 Å². The molecular weight excluding hydrogens is 180 g/mol. The third kappa shape index (κ3) is 1.74. The number of furan rings is 1. The molecule has 0 bridgehead atoms. The summed E-state index contributed by atoms with van der Waals surface area (Å²) < 4.78 is 4.93. The summed E-state index contributed by atoms with van der Waals surface area (Å²) in [5.41, 5.74) is 2.36. The third-order valence-electron chi connectivity index (χ3n) is 1.98. The van der Waals surface area contributed by atoms with E-state index in [9.17, 15) is 4.79 Å². The Morgan fingerprint density at radius 2 is 2.43 bits per heavy atom. The van der Waals surface area contributed by atoms with Crippen molar-refractivity contribution in [1.29, 1.82) is 0 Å². The molecule has 4 heteroatoms. The number of hydrogen-bond donors (Lipinski definition) is 1. The van der Waals surface area contributed by atoms with Crippen LogP contribution in [0.3, 0.4) is 0 Å². The standard InChI is InChI=1S/C10H10N2O2/c1-7-4-9(10(13)12-11-7)5-8-2-3-14-6-8/h2-4,6H,5H2,1H3,(H,12,13). The second-order valence-corrected chi connectivity index (χ2v) is 3.17. The number of aromatic amines is 1. The fraction of sp³-hybridized carbons (Fsp3) is 0.200. The van der Waals surface area contributed by atoms with Crippen LogP contribution in [0.4, 0.5) is 0 Å². The lowest BCUT2D eigenvalue weighted by atomic mass is 10.1. The minimum atomic E-state index is -0.142. The monoisotopic (exact) mass is 190 g/mol. The van der Waals surface area contributed by atoms with E-state index in [1.165, 1.54) is 0 Å². The average Bonchev–Trinajstić information content (AvgIpc) is 2.64. The largest absolute Gasteiger partial charge is 0.472 e. The molecular formula is C10H10N2O2. The second-order valence-electron chi connectivity index (χ2n) is 3.17. The van der Waals surface area contributed by atoms with Gasteiger partial charge in [0.2, 0.25) is 0 Å². The first-order valence-corrected chi connectivity index (χ1v) is 4.32. The van der Waals surface area contributed by atoms with Crippen molar-refractivity contribution in [3.05, 3.63) is 51.8 Å². The van der Waals surface area contributed by atoms with Crippen molar-refractivity contribution < 1.29 is 4.42 Å². The van der Waals surface area contributed by atoms with Crippen LogP contribution in [0.25, 0.3) is 0 Å². The Hall–Kier alpha value is -1.84. The van der Waals surface area contributed by atoms with Crippen molar-refractivity contribution in [2.75, 3.05) is 0 Å². The SMILES string of the molecule is Cc1cc(Cc2ccoc2)c(=O)[nH]n1. The van der Waals surface area contributed by atoms with Gasteiger partial charge in [-0.1, -0.05) is 0 Å². The van der Waals surface area contributed by atoms with E-state index in [4.69, 9.17) is 4.42 Å². The normalized spacial score (nSPS) is 10.4. The first-order valence-electron chi connectivity index (χ1n) is 4.32. The predicted molar refractivity (Wildman–Crippen MR) is 51.1 cm³/mol. The van der Waals surface area contributed by atoms with E-state index in [1.54, 1.807) is 18.6 Å². The topological polar surface area (TPSA) is 58.9 Å². The number of nitrogens with one attached hydrogen (secondary N) is 1. The van der Waals surface area contributed by atoms with Crippen molar-refractivity contribution in [2.45, 2.75) is 13.3 Å². The first kappa shape index (κ1) is 8.74. The van der Waals surface area contributed by atoms with Crippen molar-refractivity contribution in [3.8, 4) is 0 Å². The van der Waals surface area contributed by atoms with Crippen molar-refractivity contribution in [1.82, 2.24) is 10.2 Å². The van der Waals surface area contributed by atoms with E-state index in [1.807, 2.05) is 13.0 Å². The van der Waals surface area contributed by atoms with Crippen LogP contribution in [0.1, 0.15) is 16.8 Å². The highest BCUT2D eigenvalue weighted by atomic mass is 16.3. The summed E-state index contributed by atoms with van der Waals surface area (Å²) in [6, 6.07) is 3.63. The Morgan fingerprint density at radius 1 is 1.57 bits per heavy atom. The number of aryl methyl sites for hydroxylation is 1. The summed E-state index contributed by atoms with van der Waals surface area (Å²) in [6.07, 6.45) is 3.81. The van der Waals surface area contributed by atoms with E-state index >= 15 is 0 Å². The molecule has 72 valence electrons. The highest BCUT2D eigenvalue weighted by molar-refractivity contribution is 5.21. The van der Waals surface area contributed by atoms with Gasteiger partial charge in [0, 0.05) is 12.0 Å². The molecule has 0 amide bonds. The van der Waals surface area contributed by atoms with Gasteiger partial charge in [0.05, 0.1) is 18.2 Å². The van der Waals surface area contributed by atoms with E-state index in [0.29, 0.717) is 12.0 Å². The van der Waals surface area contributed by atoms with Gasteiger partial charge in [-0.3, -0.25) is 4.79 Å². The second kappa shape index (κ2) is 3.49. The molecule has 1 N–H and O–H groups in total. The maximum absolute atomic E-state index is 11.3. The van der Waals surface area contributed by atoms with Crippen molar-refractivity contribution >= 4 is 0 Å². The molecule has 0 saturated carbocycles. The van der Waals surface area contributed by atoms with E-state index in [0.717, 1.165) is 11.3 Å². The average molecular weight is 190 g/mol. The predicted octanol–water partition coefficient (Wildman–Crippen LogP) is 1.26. The maximum atomic E-state index is 11.3. The highest BCUT2D eigenvalue weighted by Crippen LogP contribution is 2.06. The minimum Gasteiger partial charge on any atom is -0.472 e.